The van der Waals surface area contributed by atoms with E-state index in [1.807, 2.05) is 0 Å². The highest BCUT2D eigenvalue weighted by molar-refractivity contribution is 5.90. The van der Waals surface area contributed by atoms with Crippen LogP contribution in [-0.4, -0.2) is 75.9 Å². The zero-order valence-corrected chi connectivity index (χ0v) is 16.1. The van der Waals surface area contributed by atoms with E-state index in [4.69, 9.17) is 14.2 Å². The third-order valence-corrected chi connectivity index (χ3v) is 6.90. The molecule has 2 saturated heterocycles. The van der Waals surface area contributed by atoms with E-state index in [-0.39, 0.29) is 29.8 Å². The Labute approximate surface area is 169 Å². The summed E-state index contributed by atoms with van der Waals surface area (Å²) < 4.78 is 16.9. The minimum absolute atomic E-state index is 0.00564. The summed E-state index contributed by atoms with van der Waals surface area (Å²) in [7, 11) is 0. The average molecular weight is 408 g/mol. The summed E-state index contributed by atoms with van der Waals surface area (Å²) in [5.74, 6) is -0.317. The summed E-state index contributed by atoms with van der Waals surface area (Å²) in [6.45, 7) is 11.8. The van der Waals surface area contributed by atoms with Crippen LogP contribution in [0.3, 0.4) is 0 Å². The molecule has 0 aromatic carbocycles. The number of aliphatic hydroxyl groups excluding tert-OH is 4. The van der Waals surface area contributed by atoms with Crippen molar-refractivity contribution in [1.82, 2.24) is 0 Å². The zero-order chi connectivity index (χ0) is 21.0. The van der Waals surface area contributed by atoms with Crippen molar-refractivity contribution in [2.45, 2.75) is 62.2 Å². The van der Waals surface area contributed by atoms with Gasteiger partial charge < -0.3 is 34.6 Å². The molecule has 0 spiro atoms. The molecule has 10 atom stereocenters. The maximum Gasteiger partial charge on any atom is 0.334 e. The Bertz CT molecular complexity index is 730. The first kappa shape index (κ1) is 20.7. The smallest absolute Gasteiger partial charge is 0.334 e. The van der Waals surface area contributed by atoms with Crippen molar-refractivity contribution in [3.63, 3.8) is 0 Å². The second-order valence-corrected chi connectivity index (χ2v) is 8.52. The molecule has 4 aliphatic rings. The molecule has 2 aliphatic heterocycles. The van der Waals surface area contributed by atoms with Gasteiger partial charge in [-0.05, 0) is 36.7 Å². The second kappa shape index (κ2) is 7.61. The van der Waals surface area contributed by atoms with E-state index in [1.54, 1.807) is 0 Å². The molecule has 0 aromatic rings. The average Bonchev–Trinajstić information content (AvgIpc) is 3.08. The molecule has 29 heavy (non-hydrogen) atoms. The van der Waals surface area contributed by atoms with Crippen LogP contribution < -0.4 is 0 Å². The number of fused-ring (bicyclic) bond motifs is 2. The summed E-state index contributed by atoms with van der Waals surface area (Å²) in [6.07, 6.45) is -5.54. The highest BCUT2D eigenvalue weighted by atomic mass is 16.7. The molecule has 0 radical (unpaired) electrons. The van der Waals surface area contributed by atoms with Gasteiger partial charge in [-0.2, -0.15) is 0 Å². The molecule has 0 aromatic heterocycles. The molecule has 2 heterocycles. The molecule has 8 heteroatoms. The Morgan fingerprint density at radius 1 is 1.00 bits per heavy atom. The number of esters is 1. The first-order valence-electron chi connectivity index (χ1n) is 9.95. The lowest BCUT2D eigenvalue weighted by molar-refractivity contribution is -0.308. The van der Waals surface area contributed by atoms with Gasteiger partial charge >= 0.3 is 5.97 Å². The van der Waals surface area contributed by atoms with Crippen LogP contribution >= 0.6 is 0 Å². The van der Waals surface area contributed by atoms with Crippen molar-refractivity contribution in [1.29, 1.82) is 0 Å². The van der Waals surface area contributed by atoms with Crippen LogP contribution in [0.25, 0.3) is 0 Å². The van der Waals surface area contributed by atoms with Gasteiger partial charge in [-0.25, -0.2) is 4.79 Å². The van der Waals surface area contributed by atoms with Crippen LogP contribution in [-0.2, 0) is 19.0 Å². The number of hydrogen-bond acceptors (Lipinski definition) is 8. The van der Waals surface area contributed by atoms with Gasteiger partial charge in [-0.15, -0.1) is 0 Å². The molecule has 2 aliphatic carbocycles. The molecule has 4 fully saturated rings. The minimum atomic E-state index is -1.49. The van der Waals surface area contributed by atoms with Gasteiger partial charge in [0.25, 0.3) is 0 Å². The van der Waals surface area contributed by atoms with Crippen molar-refractivity contribution >= 4 is 5.97 Å². The highest BCUT2D eigenvalue weighted by Crippen LogP contribution is 2.51. The van der Waals surface area contributed by atoms with Crippen LogP contribution in [0.4, 0.5) is 0 Å². The van der Waals surface area contributed by atoms with E-state index in [9.17, 15) is 25.2 Å². The van der Waals surface area contributed by atoms with Gasteiger partial charge in [-0.1, -0.05) is 25.3 Å². The van der Waals surface area contributed by atoms with Gasteiger partial charge in [0.05, 0.1) is 12.7 Å². The first-order chi connectivity index (χ1) is 13.7. The van der Waals surface area contributed by atoms with E-state index in [2.05, 4.69) is 19.7 Å². The molecule has 0 unspecified atom stereocenters. The van der Waals surface area contributed by atoms with Crippen molar-refractivity contribution in [3.05, 3.63) is 36.5 Å². The lowest BCUT2D eigenvalue weighted by atomic mass is 9.86. The topological polar surface area (TPSA) is 126 Å². The highest BCUT2D eigenvalue weighted by Gasteiger charge is 2.51. The van der Waals surface area contributed by atoms with Crippen molar-refractivity contribution in [2.24, 2.45) is 17.8 Å². The molecular formula is C21H28O8. The predicted molar refractivity (Wildman–Crippen MR) is 100 cm³/mol. The van der Waals surface area contributed by atoms with Gasteiger partial charge in [0.1, 0.15) is 30.5 Å². The fraction of sp³-hybridized carbons (Fsp3) is 0.667. The quantitative estimate of drug-likeness (QED) is 0.288. The number of rotatable bonds is 3. The summed E-state index contributed by atoms with van der Waals surface area (Å²) in [5.41, 5.74) is 2.28. The predicted octanol–water partition coefficient (Wildman–Crippen LogP) is -0.188. The van der Waals surface area contributed by atoms with Gasteiger partial charge in [0.2, 0.25) is 0 Å². The Morgan fingerprint density at radius 2 is 1.72 bits per heavy atom. The fourth-order valence-electron chi connectivity index (χ4n) is 5.12. The normalized spacial score (nSPS) is 47.6. The van der Waals surface area contributed by atoms with E-state index in [0.29, 0.717) is 24.8 Å². The summed E-state index contributed by atoms with van der Waals surface area (Å²) in [5, 5.41) is 39.5. The number of aliphatic hydroxyl groups is 4. The number of ether oxygens (including phenoxy) is 3. The molecule has 160 valence electrons. The number of allylic oxidation sites excluding steroid dienone is 1. The van der Waals surface area contributed by atoms with E-state index < -0.39 is 43.4 Å². The van der Waals surface area contributed by atoms with Crippen LogP contribution in [0.15, 0.2) is 36.5 Å². The molecule has 4 N–H and O–H groups in total. The van der Waals surface area contributed by atoms with Crippen LogP contribution in [0.2, 0.25) is 0 Å². The Hall–Kier alpha value is -1.55. The first-order valence-corrected chi connectivity index (χ1v) is 9.95. The largest absolute Gasteiger partial charge is 0.458 e. The third kappa shape index (κ3) is 3.37. The maximum atomic E-state index is 11.9. The summed E-state index contributed by atoms with van der Waals surface area (Å²) in [4.78, 5) is 11.9. The van der Waals surface area contributed by atoms with Crippen LogP contribution in [0.5, 0.6) is 0 Å². The maximum absolute atomic E-state index is 11.9. The monoisotopic (exact) mass is 408 g/mol. The van der Waals surface area contributed by atoms with Crippen molar-refractivity contribution in [2.75, 3.05) is 6.61 Å². The Balaban J connectivity index is 1.48. The molecule has 8 nitrogen and oxygen atoms in total. The van der Waals surface area contributed by atoms with Crippen molar-refractivity contribution < 1.29 is 39.4 Å². The summed E-state index contributed by atoms with van der Waals surface area (Å²) >= 11 is 0. The van der Waals surface area contributed by atoms with Crippen LogP contribution in [0, 0.1) is 17.8 Å². The lowest BCUT2D eigenvalue weighted by Crippen LogP contribution is -2.59. The Morgan fingerprint density at radius 3 is 2.41 bits per heavy atom. The molecule has 2 saturated carbocycles. The summed E-state index contributed by atoms with van der Waals surface area (Å²) in [6, 6.07) is 0. The van der Waals surface area contributed by atoms with E-state index in [1.165, 1.54) is 0 Å². The van der Waals surface area contributed by atoms with Crippen LogP contribution in [0.1, 0.15) is 19.3 Å². The molecule has 4 rings (SSSR count). The third-order valence-electron chi connectivity index (χ3n) is 6.90. The van der Waals surface area contributed by atoms with Gasteiger partial charge in [0, 0.05) is 11.5 Å². The van der Waals surface area contributed by atoms with Gasteiger partial charge in [-0.3, -0.25) is 0 Å². The van der Waals surface area contributed by atoms with Crippen molar-refractivity contribution in [3.8, 4) is 0 Å². The fourth-order valence-corrected chi connectivity index (χ4v) is 5.12. The van der Waals surface area contributed by atoms with E-state index in [0.717, 1.165) is 11.1 Å². The number of hydrogen-bond donors (Lipinski definition) is 4. The molecule has 0 bridgehead atoms. The SMILES string of the molecule is C=C1C(=O)O[C@@H]2C[C@H]3C(=C)[C@@H](O[C@@H]4O[C@H](CO)[C@@H](O)[C@H](O)[C@H]4O)C[C@H]3C(=C)C[C@@H]12. The number of carbonyl (C=O) groups excluding carboxylic acids is 1. The molecular weight excluding hydrogens is 380 g/mol. The lowest BCUT2D eigenvalue weighted by Gasteiger charge is -2.40. The van der Waals surface area contributed by atoms with E-state index >= 15 is 0 Å². The zero-order valence-electron chi connectivity index (χ0n) is 16.1. The minimum Gasteiger partial charge on any atom is -0.458 e. The van der Waals surface area contributed by atoms with Gasteiger partial charge in [0.15, 0.2) is 6.29 Å². The Kier molecular flexibility index (Phi) is 5.43. The molecule has 0 amide bonds. The second-order valence-electron chi connectivity index (χ2n) is 8.52. The standard InChI is InChI=1S/C21H28O8/c1-8-4-13-10(3)20(26)27-15(13)6-12-9(2)14(5-11(8)12)28-21-19(25)18(24)17(23)16(7-22)29-21/h11-19,21-25H,1-7H2/t11-,12-,13-,14-,15+,16+,17+,18-,19+,21+/m0/s1. The number of carbonyl (C=O) groups is 1.